The number of hydrogen-bond donors (Lipinski definition) is 0. The first-order valence-electron chi connectivity index (χ1n) is 7.16. The van der Waals surface area contributed by atoms with Crippen molar-refractivity contribution < 1.29 is 0 Å². The van der Waals surface area contributed by atoms with E-state index >= 15 is 0 Å². The van der Waals surface area contributed by atoms with Crippen molar-refractivity contribution in [1.82, 2.24) is 15.0 Å². The van der Waals surface area contributed by atoms with Crippen molar-refractivity contribution in [2.45, 2.75) is 47.6 Å². The van der Waals surface area contributed by atoms with Crippen LogP contribution in [0.3, 0.4) is 0 Å². The van der Waals surface area contributed by atoms with Crippen LogP contribution < -0.4 is 0 Å². The van der Waals surface area contributed by atoms with E-state index in [0.717, 1.165) is 11.0 Å². The van der Waals surface area contributed by atoms with Gasteiger partial charge in [-0.15, -0.1) is 0 Å². The lowest BCUT2D eigenvalue weighted by Crippen LogP contribution is -2.04. The molecule has 0 aliphatic rings. The molecule has 0 radical (unpaired) electrons. The topological polar surface area (TPSA) is 30.7 Å². The van der Waals surface area contributed by atoms with Crippen LogP contribution >= 0.6 is 0 Å². The molecule has 3 heteroatoms. The summed E-state index contributed by atoms with van der Waals surface area (Å²) in [6.45, 7) is 12.9. The minimum Gasteiger partial charge on any atom is -0.181 e. The fraction of sp³-hybridized carbons (Fsp3) is 0.412. The monoisotopic (exact) mass is 267 g/mol. The molecule has 0 aliphatic heterocycles. The lowest BCUT2D eigenvalue weighted by molar-refractivity contribution is 0.472. The molecule has 1 aromatic heterocycles. The standard InChI is InChI=1S/C17H21N3/c1-9(2)20-18-16-12(5)14-7-10(3)11(4)8-15(14)13(6)17(16)19-20/h7-9H,1-6H3. The maximum atomic E-state index is 4.68. The summed E-state index contributed by atoms with van der Waals surface area (Å²) in [5.74, 6) is 0. The third kappa shape index (κ3) is 1.73. The highest BCUT2D eigenvalue weighted by Gasteiger charge is 2.15. The third-order valence-corrected chi connectivity index (χ3v) is 4.24. The van der Waals surface area contributed by atoms with E-state index in [1.807, 2.05) is 4.80 Å². The van der Waals surface area contributed by atoms with Gasteiger partial charge in [-0.3, -0.25) is 0 Å². The maximum Gasteiger partial charge on any atom is 0.117 e. The molecule has 0 unspecified atom stereocenters. The van der Waals surface area contributed by atoms with Crippen molar-refractivity contribution in [1.29, 1.82) is 0 Å². The average molecular weight is 267 g/mol. The molecule has 20 heavy (non-hydrogen) atoms. The first-order chi connectivity index (χ1) is 9.40. The van der Waals surface area contributed by atoms with Gasteiger partial charge in [0, 0.05) is 0 Å². The number of hydrogen-bond acceptors (Lipinski definition) is 2. The van der Waals surface area contributed by atoms with Crippen LogP contribution in [0, 0.1) is 27.7 Å². The number of aromatic nitrogens is 3. The Balaban J connectivity index is 2.50. The second-order valence-corrected chi connectivity index (χ2v) is 6.04. The molecular weight excluding hydrogens is 246 g/mol. The molecule has 2 aromatic carbocycles. The van der Waals surface area contributed by atoms with Crippen LogP contribution in [0.2, 0.25) is 0 Å². The van der Waals surface area contributed by atoms with Crippen LogP contribution in [0.5, 0.6) is 0 Å². The van der Waals surface area contributed by atoms with E-state index < -0.39 is 0 Å². The Morgan fingerprint density at radius 1 is 0.800 bits per heavy atom. The van der Waals surface area contributed by atoms with Crippen LogP contribution in [0.4, 0.5) is 0 Å². The van der Waals surface area contributed by atoms with Gasteiger partial charge in [-0.2, -0.15) is 15.0 Å². The average Bonchev–Trinajstić information content (AvgIpc) is 2.84. The quantitative estimate of drug-likeness (QED) is 0.654. The molecule has 0 saturated heterocycles. The highest BCUT2D eigenvalue weighted by Crippen LogP contribution is 2.32. The smallest absolute Gasteiger partial charge is 0.117 e. The Bertz CT molecular complexity index is 761. The van der Waals surface area contributed by atoms with Crippen molar-refractivity contribution >= 4 is 21.8 Å². The fourth-order valence-electron chi connectivity index (χ4n) is 2.75. The van der Waals surface area contributed by atoms with Gasteiger partial charge in [0.2, 0.25) is 0 Å². The summed E-state index contributed by atoms with van der Waals surface area (Å²) in [5, 5.41) is 12.0. The summed E-state index contributed by atoms with van der Waals surface area (Å²) in [5.41, 5.74) is 7.19. The molecule has 0 N–H and O–H groups in total. The molecule has 0 saturated carbocycles. The first kappa shape index (κ1) is 13.1. The van der Waals surface area contributed by atoms with Gasteiger partial charge in [-0.05, 0) is 74.6 Å². The highest BCUT2D eigenvalue weighted by molar-refractivity contribution is 6.02. The summed E-state index contributed by atoms with van der Waals surface area (Å²) in [4.78, 5) is 1.82. The Kier molecular flexibility index (Phi) is 2.82. The summed E-state index contributed by atoms with van der Waals surface area (Å²) < 4.78 is 0. The Morgan fingerprint density at radius 2 is 1.20 bits per heavy atom. The van der Waals surface area contributed by atoms with E-state index in [1.54, 1.807) is 0 Å². The van der Waals surface area contributed by atoms with Gasteiger partial charge in [0.25, 0.3) is 0 Å². The van der Waals surface area contributed by atoms with Gasteiger partial charge >= 0.3 is 0 Å². The van der Waals surface area contributed by atoms with Crippen LogP contribution in [-0.2, 0) is 0 Å². The molecular formula is C17H21N3. The second kappa shape index (κ2) is 4.30. The minimum atomic E-state index is 0.285. The van der Waals surface area contributed by atoms with Gasteiger partial charge in [0.15, 0.2) is 0 Å². The lowest BCUT2D eigenvalue weighted by Gasteiger charge is -2.10. The van der Waals surface area contributed by atoms with Gasteiger partial charge in [-0.25, -0.2) is 0 Å². The molecule has 0 amide bonds. The number of fused-ring (bicyclic) bond motifs is 2. The zero-order valence-corrected chi connectivity index (χ0v) is 13.1. The molecule has 1 heterocycles. The van der Waals surface area contributed by atoms with Crippen molar-refractivity contribution in [3.63, 3.8) is 0 Å². The Morgan fingerprint density at radius 3 is 1.55 bits per heavy atom. The van der Waals surface area contributed by atoms with Gasteiger partial charge in [-0.1, -0.05) is 12.1 Å². The highest BCUT2D eigenvalue weighted by atomic mass is 15.5. The summed E-state index contributed by atoms with van der Waals surface area (Å²) >= 11 is 0. The SMILES string of the molecule is Cc1cc2c(C)c3nn(C(C)C)nc3c(C)c2cc1C. The molecule has 0 atom stereocenters. The van der Waals surface area contributed by atoms with Crippen molar-refractivity contribution in [3.8, 4) is 0 Å². The Labute approximate surface area is 119 Å². The predicted octanol–water partition coefficient (Wildman–Crippen LogP) is 4.40. The van der Waals surface area contributed by atoms with Crippen molar-refractivity contribution in [3.05, 3.63) is 34.4 Å². The molecule has 3 aromatic rings. The zero-order chi connectivity index (χ0) is 14.6. The number of aryl methyl sites for hydroxylation is 4. The molecule has 3 rings (SSSR count). The largest absolute Gasteiger partial charge is 0.181 e. The Hall–Kier alpha value is -1.90. The molecule has 104 valence electrons. The normalized spacial score (nSPS) is 11.9. The first-order valence-corrected chi connectivity index (χ1v) is 7.16. The lowest BCUT2D eigenvalue weighted by atomic mass is 9.95. The summed E-state index contributed by atoms with van der Waals surface area (Å²) in [7, 11) is 0. The molecule has 0 aliphatic carbocycles. The van der Waals surface area contributed by atoms with Gasteiger partial charge in [0.1, 0.15) is 11.0 Å². The molecule has 0 fully saturated rings. The van der Waals surface area contributed by atoms with E-state index in [9.17, 15) is 0 Å². The molecule has 0 spiro atoms. The zero-order valence-electron chi connectivity index (χ0n) is 13.1. The minimum absolute atomic E-state index is 0.285. The van der Waals surface area contributed by atoms with Crippen molar-refractivity contribution in [2.75, 3.05) is 0 Å². The van der Waals surface area contributed by atoms with Crippen LogP contribution in [0.1, 0.15) is 42.1 Å². The summed E-state index contributed by atoms with van der Waals surface area (Å²) in [6.07, 6.45) is 0. The van der Waals surface area contributed by atoms with E-state index in [-0.39, 0.29) is 6.04 Å². The predicted molar refractivity (Wildman–Crippen MR) is 84.4 cm³/mol. The number of rotatable bonds is 1. The molecule has 0 bridgehead atoms. The summed E-state index contributed by atoms with van der Waals surface area (Å²) in [6, 6.07) is 4.84. The number of nitrogens with zero attached hydrogens (tertiary/aromatic N) is 3. The van der Waals surface area contributed by atoms with E-state index in [4.69, 9.17) is 0 Å². The van der Waals surface area contributed by atoms with Crippen LogP contribution in [0.15, 0.2) is 12.1 Å². The molecule has 3 nitrogen and oxygen atoms in total. The number of benzene rings is 2. The maximum absolute atomic E-state index is 4.68. The van der Waals surface area contributed by atoms with E-state index in [0.29, 0.717) is 0 Å². The fourth-order valence-corrected chi connectivity index (χ4v) is 2.75. The van der Waals surface area contributed by atoms with Gasteiger partial charge < -0.3 is 0 Å². The van der Waals surface area contributed by atoms with E-state index in [2.05, 4.69) is 63.9 Å². The third-order valence-electron chi connectivity index (χ3n) is 4.24. The second-order valence-electron chi connectivity index (χ2n) is 6.04. The van der Waals surface area contributed by atoms with Crippen molar-refractivity contribution in [2.24, 2.45) is 0 Å². The van der Waals surface area contributed by atoms with Gasteiger partial charge in [0.05, 0.1) is 6.04 Å². The van der Waals surface area contributed by atoms with Crippen LogP contribution in [0.25, 0.3) is 21.8 Å². The van der Waals surface area contributed by atoms with Crippen LogP contribution in [-0.4, -0.2) is 15.0 Å². The van der Waals surface area contributed by atoms with E-state index in [1.165, 1.54) is 33.0 Å².